The number of methoxy groups -OCH3 is 1. The van der Waals surface area contributed by atoms with Gasteiger partial charge in [0.1, 0.15) is 5.56 Å². The molecule has 10 heteroatoms. The van der Waals surface area contributed by atoms with Gasteiger partial charge in [-0.1, -0.05) is 0 Å². The summed E-state index contributed by atoms with van der Waals surface area (Å²) in [5, 5.41) is 19.4. The van der Waals surface area contributed by atoms with Crippen molar-refractivity contribution < 1.29 is 32.4 Å². The lowest BCUT2D eigenvalue weighted by atomic mass is 10.1. The normalized spacial score (nSPS) is 10.6. The predicted octanol–water partition coefficient (Wildman–Crippen LogP) is 2.15. The topological polar surface area (TPSA) is 102 Å². The van der Waals surface area contributed by atoms with Crippen molar-refractivity contribution in [2.75, 3.05) is 7.11 Å². The molecule has 0 aliphatic heterocycles. The molecule has 1 aromatic rings. The maximum atomic E-state index is 12.3. The molecule has 0 amide bonds. The first-order chi connectivity index (χ1) is 9.19. The molecule has 0 spiro atoms. The highest BCUT2D eigenvalue weighted by molar-refractivity contribution is 5.94. The monoisotopic (exact) mass is 290 g/mol. The highest BCUT2D eigenvalue weighted by Crippen LogP contribution is 2.36. The van der Waals surface area contributed by atoms with Gasteiger partial charge in [0, 0.05) is 6.07 Å². The smallest absolute Gasteiger partial charge is 0.465 e. The lowest BCUT2D eigenvalue weighted by Gasteiger charge is -2.12. The minimum Gasteiger partial charge on any atom is -0.465 e. The third-order valence-electron chi connectivity index (χ3n) is 2.02. The van der Waals surface area contributed by atoms with E-state index in [-0.39, 0.29) is 5.56 Å². The van der Waals surface area contributed by atoms with Gasteiger partial charge in [-0.05, 0) is 6.07 Å². The standard InChI is InChI=1S/C10H5F3N2O5/c1-19-9(16)6-2-5(4-14)3-7(15(17)18)8(6)20-10(11,12)13/h2-3H,1H3. The van der Waals surface area contributed by atoms with Gasteiger partial charge in [0.05, 0.1) is 23.7 Å². The number of nitrogens with zero attached hydrogens (tertiary/aromatic N) is 2. The fourth-order valence-electron chi connectivity index (χ4n) is 1.30. The molecule has 0 fully saturated rings. The van der Waals surface area contributed by atoms with Gasteiger partial charge in [-0.15, -0.1) is 13.2 Å². The Kier molecular flexibility index (Phi) is 4.14. The Morgan fingerprint density at radius 3 is 2.45 bits per heavy atom. The van der Waals surface area contributed by atoms with Crippen molar-refractivity contribution in [2.24, 2.45) is 0 Å². The van der Waals surface area contributed by atoms with Gasteiger partial charge in [0.15, 0.2) is 0 Å². The number of nitro groups is 1. The van der Waals surface area contributed by atoms with Crippen LogP contribution in [0.5, 0.6) is 5.75 Å². The molecule has 0 unspecified atom stereocenters. The molecule has 0 saturated heterocycles. The molecular weight excluding hydrogens is 285 g/mol. The summed E-state index contributed by atoms with van der Waals surface area (Å²) in [5.41, 5.74) is -2.41. The van der Waals surface area contributed by atoms with E-state index in [9.17, 15) is 28.1 Å². The molecule has 0 radical (unpaired) electrons. The summed E-state index contributed by atoms with van der Waals surface area (Å²) < 4.78 is 44.5. The zero-order valence-electron chi connectivity index (χ0n) is 9.72. The van der Waals surface area contributed by atoms with Crippen LogP contribution in [0.25, 0.3) is 0 Å². The molecule has 106 valence electrons. The van der Waals surface area contributed by atoms with Crippen molar-refractivity contribution in [3.63, 3.8) is 0 Å². The average Bonchev–Trinajstić information content (AvgIpc) is 2.35. The van der Waals surface area contributed by atoms with E-state index in [1.807, 2.05) is 0 Å². The maximum absolute atomic E-state index is 12.3. The predicted molar refractivity (Wildman–Crippen MR) is 55.8 cm³/mol. The molecule has 1 rings (SSSR count). The number of esters is 1. The fraction of sp³-hybridized carbons (Fsp3) is 0.200. The van der Waals surface area contributed by atoms with E-state index in [2.05, 4.69) is 9.47 Å². The Morgan fingerprint density at radius 1 is 1.45 bits per heavy atom. The second kappa shape index (κ2) is 5.43. The number of halogens is 3. The summed E-state index contributed by atoms with van der Waals surface area (Å²) in [4.78, 5) is 20.9. The summed E-state index contributed by atoms with van der Waals surface area (Å²) in [6.45, 7) is 0. The minimum absolute atomic E-state index is 0.383. The number of nitro benzene ring substituents is 1. The largest absolute Gasteiger partial charge is 0.573 e. The number of hydrogen-bond donors (Lipinski definition) is 0. The van der Waals surface area contributed by atoms with Crippen LogP contribution >= 0.6 is 0 Å². The Bertz CT molecular complexity index is 606. The van der Waals surface area contributed by atoms with Crippen LogP contribution in [-0.2, 0) is 4.74 Å². The second-order valence-corrected chi connectivity index (χ2v) is 3.28. The van der Waals surface area contributed by atoms with E-state index in [0.717, 1.165) is 7.11 Å². The van der Waals surface area contributed by atoms with E-state index < -0.39 is 34.3 Å². The zero-order chi connectivity index (χ0) is 15.5. The molecule has 20 heavy (non-hydrogen) atoms. The molecule has 0 N–H and O–H groups in total. The van der Waals surface area contributed by atoms with Gasteiger partial charge < -0.3 is 9.47 Å². The van der Waals surface area contributed by atoms with Crippen molar-refractivity contribution in [1.29, 1.82) is 5.26 Å². The van der Waals surface area contributed by atoms with Crippen molar-refractivity contribution in [2.45, 2.75) is 6.36 Å². The zero-order valence-corrected chi connectivity index (χ0v) is 9.72. The van der Waals surface area contributed by atoms with Crippen molar-refractivity contribution in [3.8, 4) is 11.8 Å². The van der Waals surface area contributed by atoms with Crippen LogP contribution in [-0.4, -0.2) is 24.4 Å². The number of carbonyl (C=O) groups is 1. The van der Waals surface area contributed by atoms with E-state index in [1.54, 1.807) is 0 Å². The number of alkyl halides is 3. The molecular formula is C10H5F3N2O5. The van der Waals surface area contributed by atoms with E-state index in [0.29, 0.717) is 12.1 Å². The molecule has 0 bridgehead atoms. The van der Waals surface area contributed by atoms with Crippen LogP contribution in [0.15, 0.2) is 12.1 Å². The van der Waals surface area contributed by atoms with Crippen molar-refractivity contribution in [1.82, 2.24) is 0 Å². The molecule has 0 aliphatic carbocycles. The van der Waals surface area contributed by atoms with Crippen LogP contribution < -0.4 is 4.74 Å². The lowest BCUT2D eigenvalue weighted by Crippen LogP contribution is -2.20. The summed E-state index contributed by atoms with van der Waals surface area (Å²) in [6, 6.07) is 2.75. The van der Waals surface area contributed by atoms with Crippen molar-refractivity contribution >= 4 is 11.7 Å². The average molecular weight is 290 g/mol. The van der Waals surface area contributed by atoms with Crippen LogP contribution in [0.1, 0.15) is 15.9 Å². The van der Waals surface area contributed by atoms with Gasteiger partial charge in [-0.25, -0.2) is 4.79 Å². The Labute approximate surface area is 109 Å². The molecule has 0 heterocycles. The Morgan fingerprint density at radius 2 is 2.05 bits per heavy atom. The van der Waals surface area contributed by atoms with Crippen LogP contribution in [0.3, 0.4) is 0 Å². The Balaban J connectivity index is 3.61. The van der Waals surface area contributed by atoms with Gasteiger partial charge in [0.2, 0.25) is 5.75 Å². The number of benzene rings is 1. The van der Waals surface area contributed by atoms with E-state index >= 15 is 0 Å². The van der Waals surface area contributed by atoms with Crippen LogP contribution in [0.2, 0.25) is 0 Å². The number of ether oxygens (including phenoxy) is 2. The first-order valence-corrected chi connectivity index (χ1v) is 4.76. The number of rotatable bonds is 3. The van der Waals surface area contributed by atoms with Gasteiger partial charge in [-0.3, -0.25) is 10.1 Å². The second-order valence-electron chi connectivity index (χ2n) is 3.28. The number of nitriles is 1. The minimum atomic E-state index is -5.25. The third kappa shape index (κ3) is 3.35. The summed E-state index contributed by atoms with van der Waals surface area (Å²) in [6.07, 6.45) is -5.25. The maximum Gasteiger partial charge on any atom is 0.573 e. The number of carbonyl (C=O) groups excluding carboxylic acids is 1. The van der Waals surface area contributed by atoms with Gasteiger partial charge in [-0.2, -0.15) is 5.26 Å². The number of hydrogen-bond acceptors (Lipinski definition) is 6. The van der Waals surface area contributed by atoms with Gasteiger partial charge in [0.25, 0.3) is 0 Å². The van der Waals surface area contributed by atoms with Crippen LogP contribution in [0.4, 0.5) is 18.9 Å². The van der Waals surface area contributed by atoms with E-state index in [4.69, 9.17) is 5.26 Å². The molecule has 0 atom stereocenters. The van der Waals surface area contributed by atoms with E-state index in [1.165, 1.54) is 6.07 Å². The fourth-order valence-corrected chi connectivity index (χ4v) is 1.30. The third-order valence-corrected chi connectivity index (χ3v) is 2.02. The molecule has 0 aliphatic rings. The summed E-state index contributed by atoms with van der Waals surface area (Å²) in [7, 11) is 0.866. The highest BCUT2D eigenvalue weighted by atomic mass is 19.4. The molecule has 1 aromatic carbocycles. The SMILES string of the molecule is COC(=O)c1cc(C#N)cc([N+](=O)[O-])c1OC(F)(F)F. The summed E-state index contributed by atoms with van der Waals surface area (Å²) in [5.74, 6) is -2.63. The first-order valence-electron chi connectivity index (χ1n) is 4.76. The van der Waals surface area contributed by atoms with Crippen LogP contribution in [0, 0.1) is 21.4 Å². The molecule has 0 aromatic heterocycles. The Hall–Kier alpha value is -2.83. The lowest BCUT2D eigenvalue weighted by molar-refractivity contribution is -0.388. The summed E-state index contributed by atoms with van der Waals surface area (Å²) >= 11 is 0. The van der Waals surface area contributed by atoms with Gasteiger partial charge >= 0.3 is 18.0 Å². The molecule has 7 nitrogen and oxygen atoms in total. The quantitative estimate of drug-likeness (QED) is 0.480. The van der Waals surface area contributed by atoms with Crippen molar-refractivity contribution in [3.05, 3.63) is 33.4 Å². The molecule has 0 saturated carbocycles. The highest BCUT2D eigenvalue weighted by Gasteiger charge is 2.37. The first kappa shape index (κ1) is 15.2.